The van der Waals surface area contributed by atoms with E-state index in [0.717, 1.165) is 46.2 Å². The summed E-state index contributed by atoms with van der Waals surface area (Å²) in [6.07, 6.45) is 5.50. The second kappa shape index (κ2) is 5.93. The van der Waals surface area contributed by atoms with Gasteiger partial charge < -0.3 is 4.90 Å². The zero-order valence-corrected chi connectivity index (χ0v) is 17.8. The molecule has 1 amide bonds. The van der Waals surface area contributed by atoms with Gasteiger partial charge in [-0.3, -0.25) is 9.20 Å². The van der Waals surface area contributed by atoms with E-state index in [2.05, 4.69) is 48.4 Å². The fourth-order valence-electron chi connectivity index (χ4n) is 5.72. The molecule has 1 aromatic carbocycles. The Morgan fingerprint density at radius 1 is 1.18 bits per heavy atom. The van der Waals surface area contributed by atoms with Gasteiger partial charge in [0, 0.05) is 30.0 Å². The van der Waals surface area contributed by atoms with E-state index in [4.69, 9.17) is 4.98 Å². The molecular weight excluding hydrogens is 366 g/mol. The van der Waals surface area contributed by atoms with Crippen LogP contribution in [0, 0.1) is 17.8 Å². The van der Waals surface area contributed by atoms with Crippen molar-refractivity contribution in [2.24, 2.45) is 10.8 Å². The van der Waals surface area contributed by atoms with Crippen LogP contribution in [0.3, 0.4) is 0 Å². The van der Waals surface area contributed by atoms with Crippen molar-refractivity contribution in [2.75, 3.05) is 6.54 Å². The van der Waals surface area contributed by atoms with Crippen LogP contribution in [-0.4, -0.2) is 32.8 Å². The second-order valence-corrected chi connectivity index (χ2v) is 10.8. The zero-order valence-electron chi connectivity index (χ0n) is 17.0. The second-order valence-electron chi connectivity index (χ2n) is 9.81. The number of amides is 1. The predicted molar refractivity (Wildman–Crippen MR) is 114 cm³/mol. The summed E-state index contributed by atoms with van der Waals surface area (Å²) in [5.74, 6) is 0.195. The molecule has 0 spiro atoms. The van der Waals surface area contributed by atoms with Gasteiger partial charge in [-0.15, -0.1) is 0 Å². The fraction of sp³-hybridized carbons (Fsp3) is 0.478. The number of imidazole rings is 1. The van der Waals surface area contributed by atoms with Gasteiger partial charge in [0.2, 0.25) is 0 Å². The first-order chi connectivity index (χ1) is 13.2. The summed E-state index contributed by atoms with van der Waals surface area (Å²) in [5, 5.41) is 0. The SMILES string of the molecule is Cc1c(C(=O)N2CC3(C)CC2CC(C)(C)C3)sc2nc(-c3ccccc3)cn12. The number of aromatic nitrogens is 2. The van der Waals surface area contributed by atoms with Crippen LogP contribution in [-0.2, 0) is 0 Å². The summed E-state index contributed by atoms with van der Waals surface area (Å²) in [5.41, 5.74) is 3.64. The van der Waals surface area contributed by atoms with Gasteiger partial charge >= 0.3 is 0 Å². The minimum absolute atomic E-state index is 0.195. The molecule has 146 valence electrons. The summed E-state index contributed by atoms with van der Waals surface area (Å²) in [6, 6.07) is 10.6. The molecule has 2 aromatic heterocycles. The van der Waals surface area contributed by atoms with Crippen molar-refractivity contribution in [1.82, 2.24) is 14.3 Å². The monoisotopic (exact) mass is 393 g/mol. The number of benzene rings is 1. The summed E-state index contributed by atoms with van der Waals surface area (Å²) < 4.78 is 2.08. The quantitative estimate of drug-likeness (QED) is 0.584. The number of carbonyl (C=O) groups excluding carboxylic acids is 1. The Morgan fingerprint density at radius 3 is 2.64 bits per heavy atom. The van der Waals surface area contributed by atoms with Crippen LogP contribution in [0.2, 0.25) is 0 Å². The molecule has 1 saturated heterocycles. The van der Waals surface area contributed by atoms with Crippen LogP contribution >= 0.6 is 11.3 Å². The van der Waals surface area contributed by atoms with Crippen molar-refractivity contribution in [3.8, 4) is 11.3 Å². The number of hydrogen-bond donors (Lipinski definition) is 0. The van der Waals surface area contributed by atoms with Crippen LogP contribution in [0.5, 0.6) is 0 Å². The van der Waals surface area contributed by atoms with Crippen LogP contribution in [0.4, 0.5) is 0 Å². The van der Waals surface area contributed by atoms with E-state index in [1.165, 1.54) is 17.8 Å². The molecule has 2 fully saturated rings. The number of rotatable bonds is 2. The molecule has 3 heterocycles. The van der Waals surface area contributed by atoms with Gasteiger partial charge in [0.25, 0.3) is 5.91 Å². The standard InChI is InChI=1S/C23H27N3OS/c1-15-19(20(27)26-14-23(4)11-17(26)10-22(2,3)13-23)28-21-24-18(12-25(15)21)16-8-6-5-7-9-16/h5-9,12,17H,10-11,13-14H2,1-4H3. The molecule has 1 aliphatic carbocycles. The first-order valence-corrected chi connectivity index (χ1v) is 10.9. The van der Waals surface area contributed by atoms with Crippen LogP contribution in [0.25, 0.3) is 16.2 Å². The highest BCUT2D eigenvalue weighted by Crippen LogP contribution is 2.53. The van der Waals surface area contributed by atoms with Crippen molar-refractivity contribution in [3.05, 3.63) is 47.1 Å². The maximum absolute atomic E-state index is 13.5. The lowest BCUT2D eigenvalue weighted by Gasteiger charge is -2.39. The van der Waals surface area contributed by atoms with Gasteiger partial charge in [0.05, 0.1) is 5.69 Å². The summed E-state index contributed by atoms with van der Waals surface area (Å²) >= 11 is 1.53. The molecule has 2 unspecified atom stereocenters. The first-order valence-electron chi connectivity index (χ1n) is 10.1. The third-order valence-electron chi connectivity index (χ3n) is 6.50. The number of carbonyl (C=O) groups is 1. The van der Waals surface area contributed by atoms with E-state index in [-0.39, 0.29) is 11.3 Å². The third kappa shape index (κ3) is 2.79. The van der Waals surface area contributed by atoms with Gasteiger partial charge in [0.1, 0.15) is 4.88 Å². The Hall–Kier alpha value is -2.14. The maximum atomic E-state index is 13.5. The van der Waals surface area contributed by atoms with Crippen molar-refractivity contribution in [3.63, 3.8) is 0 Å². The fourth-order valence-corrected chi connectivity index (χ4v) is 6.79. The van der Waals surface area contributed by atoms with Crippen molar-refractivity contribution < 1.29 is 4.79 Å². The van der Waals surface area contributed by atoms with Crippen LogP contribution in [0.15, 0.2) is 36.5 Å². The lowest BCUT2D eigenvalue weighted by Crippen LogP contribution is -2.37. The Kier molecular flexibility index (Phi) is 3.80. The van der Waals surface area contributed by atoms with Gasteiger partial charge in [-0.25, -0.2) is 4.98 Å². The molecule has 4 nitrogen and oxygen atoms in total. The molecule has 3 aromatic rings. The average Bonchev–Trinajstić information content (AvgIpc) is 3.25. The molecule has 0 radical (unpaired) electrons. The number of nitrogens with zero attached hydrogens (tertiary/aromatic N) is 3. The van der Waals surface area contributed by atoms with Crippen molar-refractivity contribution in [2.45, 2.75) is 53.0 Å². The first kappa shape index (κ1) is 17.9. The van der Waals surface area contributed by atoms with E-state index >= 15 is 0 Å². The molecule has 2 aliphatic rings. The van der Waals surface area contributed by atoms with Crippen LogP contribution in [0.1, 0.15) is 55.4 Å². The molecule has 5 rings (SSSR count). The van der Waals surface area contributed by atoms with Gasteiger partial charge in [-0.2, -0.15) is 0 Å². The lowest BCUT2D eigenvalue weighted by atomic mass is 9.65. The summed E-state index contributed by atoms with van der Waals surface area (Å²) in [7, 11) is 0. The summed E-state index contributed by atoms with van der Waals surface area (Å²) in [6.45, 7) is 9.98. The van der Waals surface area contributed by atoms with Crippen molar-refractivity contribution in [1.29, 1.82) is 0 Å². The largest absolute Gasteiger partial charge is 0.334 e. The average molecular weight is 394 g/mol. The molecular formula is C23H27N3OS. The number of aryl methyl sites for hydroxylation is 1. The highest BCUT2D eigenvalue weighted by atomic mass is 32.1. The van der Waals surface area contributed by atoms with Gasteiger partial charge in [-0.05, 0) is 37.0 Å². The number of hydrogen-bond acceptors (Lipinski definition) is 3. The van der Waals surface area contributed by atoms with Crippen LogP contribution < -0.4 is 0 Å². The number of fused-ring (bicyclic) bond motifs is 3. The minimum atomic E-state index is 0.195. The topological polar surface area (TPSA) is 37.6 Å². The Morgan fingerprint density at radius 2 is 1.93 bits per heavy atom. The zero-order chi connectivity index (χ0) is 19.7. The van der Waals surface area contributed by atoms with Gasteiger partial charge in [0.15, 0.2) is 4.96 Å². The Labute approximate surface area is 170 Å². The Bertz CT molecular complexity index is 1060. The molecule has 0 N–H and O–H groups in total. The van der Waals surface area contributed by atoms with E-state index in [0.29, 0.717) is 11.5 Å². The molecule has 1 aliphatic heterocycles. The molecule has 2 atom stereocenters. The Balaban J connectivity index is 1.48. The molecule has 5 heteroatoms. The summed E-state index contributed by atoms with van der Waals surface area (Å²) in [4.78, 5) is 22.2. The number of thiazole rings is 1. The third-order valence-corrected chi connectivity index (χ3v) is 7.64. The minimum Gasteiger partial charge on any atom is -0.334 e. The van der Waals surface area contributed by atoms with E-state index in [9.17, 15) is 4.79 Å². The molecule has 1 saturated carbocycles. The smallest absolute Gasteiger partial charge is 0.266 e. The van der Waals surface area contributed by atoms with E-state index in [1.807, 2.05) is 25.1 Å². The maximum Gasteiger partial charge on any atom is 0.266 e. The highest BCUT2D eigenvalue weighted by Gasteiger charge is 2.51. The van der Waals surface area contributed by atoms with E-state index < -0.39 is 0 Å². The van der Waals surface area contributed by atoms with Gasteiger partial charge in [-0.1, -0.05) is 62.4 Å². The highest BCUT2D eigenvalue weighted by molar-refractivity contribution is 7.19. The molecule has 2 bridgehead atoms. The molecule has 28 heavy (non-hydrogen) atoms. The van der Waals surface area contributed by atoms with E-state index in [1.54, 1.807) is 0 Å². The number of likely N-dealkylation sites (tertiary alicyclic amines) is 1. The predicted octanol–water partition coefficient (Wildman–Crippen LogP) is 5.41. The normalized spacial score (nSPS) is 26.1. The lowest BCUT2D eigenvalue weighted by molar-refractivity contribution is 0.0712. The van der Waals surface area contributed by atoms with Crippen molar-refractivity contribution >= 4 is 22.2 Å².